The second kappa shape index (κ2) is 9.54. The van der Waals surface area contributed by atoms with Crippen molar-refractivity contribution in [2.24, 2.45) is 10.4 Å². The molecule has 2 aliphatic rings. The van der Waals surface area contributed by atoms with Crippen molar-refractivity contribution in [1.29, 1.82) is 0 Å². The van der Waals surface area contributed by atoms with Gasteiger partial charge >= 0.3 is 0 Å². The van der Waals surface area contributed by atoms with Crippen molar-refractivity contribution in [2.75, 3.05) is 40.9 Å². The fourth-order valence-electron chi connectivity index (χ4n) is 3.34. The number of rotatable bonds is 6. The smallest absolute Gasteiger partial charge is 0.243 e. The van der Waals surface area contributed by atoms with Crippen molar-refractivity contribution in [3.05, 3.63) is 0 Å². The number of ether oxygens (including phenoxy) is 2. The van der Waals surface area contributed by atoms with Gasteiger partial charge in [0.05, 0.1) is 11.7 Å². The fraction of sp³-hybridized carbons (Fsp3) is 0.889. The van der Waals surface area contributed by atoms with Gasteiger partial charge in [-0.25, -0.2) is 4.99 Å². The van der Waals surface area contributed by atoms with Crippen LogP contribution >= 0.6 is 24.0 Å². The molecular formula is C18H35IN4O3. The lowest BCUT2D eigenvalue weighted by atomic mass is 9.56. The van der Waals surface area contributed by atoms with E-state index >= 15 is 0 Å². The molecule has 8 heteroatoms. The molecule has 0 aromatic carbocycles. The van der Waals surface area contributed by atoms with Crippen LogP contribution in [0.1, 0.15) is 40.0 Å². The number of hydrogen-bond donors (Lipinski definition) is 2. The highest BCUT2D eigenvalue weighted by Crippen LogP contribution is 2.51. The molecule has 1 amide bonds. The van der Waals surface area contributed by atoms with Gasteiger partial charge in [-0.1, -0.05) is 13.8 Å². The van der Waals surface area contributed by atoms with Crippen LogP contribution in [0.2, 0.25) is 0 Å². The first-order valence-corrected chi connectivity index (χ1v) is 9.11. The summed E-state index contributed by atoms with van der Waals surface area (Å²) in [4.78, 5) is 17.9. The monoisotopic (exact) mass is 482 g/mol. The Bertz CT molecular complexity index is 507. The second-order valence-corrected chi connectivity index (χ2v) is 8.03. The van der Waals surface area contributed by atoms with Gasteiger partial charge in [0.2, 0.25) is 5.91 Å². The molecule has 1 aliphatic heterocycles. The molecule has 7 nitrogen and oxygen atoms in total. The van der Waals surface area contributed by atoms with Crippen LogP contribution in [0.5, 0.6) is 0 Å². The van der Waals surface area contributed by atoms with E-state index in [1.807, 2.05) is 0 Å². The highest BCUT2D eigenvalue weighted by atomic mass is 127. The number of nitrogens with one attached hydrogen (secondary N) is 2. The van der Waals surface area contributed by atoms with Gasteiger partial charge in [-0.3, -0.25) is 4.79 Å². The Balaban J connectivity index is 0.00000338. The normalized spacial score (nSPS) is 30.2. The highest BCUT2D eigenvalue weighted by Gasteiger charge is 2.58. The van der Waals surface area contributed by atoms with Gasteiger partial charge < -0.3 is 25.0 Å². The summed E-state index contributed by atoms with van der Waals surface area (Å²) in [6, 6.07) is 0.239. The minimum absolute atomic E-state index is 0. The van der Waals surface area contributed by atoms with Crippen molar-refractivity contribution < 1.29 is 14.3 Å². The van der Waals surface area contributed by atoms with Crippen molar-refractivity contribution in [1.82, 2.24) is 15.5 Å². The van der Waals surface area contributed by atoms with Gasteiger partial charge in [0, 0.05) is 45.8 Å². The molecule has 0 bridgehead atoms. The Morgan fingerprint density at radius 2 is 2.04 bits per heavy atom. The third kappa shape index (κ3) is 5.22. The van der Waals surface area contributed by atoms with Crippen molar-refractivity contribution in [3.63, 3.8) is 0 Å². The number of carbonyl (C=O) groups excluding carboxylic acids is 1. The maximum Gasteiger partial charge on any atom is 0.243 e. The molecule has 0 aromatic rings. The van der Waals surface area contributed by atoms with Crippen LogP contribution in [0.4, 0.5) is 0 Å². The number of likely N-dealkylation sites (N-methyl/N-ethyl adjacent to an activating group) is 1. The molecule has 2 rings (SSSR count). The van der Waals surface area contributed by atoms with E-state index in [2.05, 4.69) is 36.4 Å². The topological polar surface area (TPSA) is 75.2 Å². The zero-order valence-corrected chi connectivity index (χ0v) is 19.3. The maximum absolute atomic E-state index is 11.9. The van der Waals surface area contributed by atoms with Crippen molar-refractivity contribution in [3.8, 4) is 0 Å². The highest BCUT2D eigenvalue weighted by molar-refractivity contribution is 14.0. The molecule has 0 radical (unpaired) electrons. The maximum atomic E-state index is 11.9. The summed E-state index contributed by atoms with van der Waals surface area (Å²) in [7, 11) is 5.24. The van der Waals surface area contributed by atoms with Crippen LogP contribution in [-0.4, -0.2) is 75.4 Å². The van der Waals surface area contributed by atoms with Crippen LogP contribution in [0.25, 0.3) is 0 Å². The second-order valence-electron chi connectivity index (χ2n) is 8.03. The molecule has 1 saturated heterocycles. The molecule has 0 aromatic heterocycles. The van der Waals surface area contributed by atoms with Crippen LogP contribution in [-0.2, 0) is 14.3 Å². The van der Waals surface area contributed by atoms with Gasteiger partial charge in [-0.2, -0.15) is 0 Å². The number of methoxy groups -OCH3 is 1. The third-order valence-corrected chi connectivity index (χ3v) is 5.98. The van der Waals surface area contributed by atoms with Gasteiger partial charge in [-0.15, -0.1) is 24.0 Å². The molecule has 2 N–H and O–H groups in total. The van der Waals surface area contributed by atoms with E-state index in [0.29, 0.717) is 12.5 Å². The van der Waals surface area contributed by atoms with Crippen LogP contribution in [0.15, 0.2) is 4.99 Å². The zero-order chi connectivity index (χ0) is 18.7. The number of halogens is 1. The summed E-state index contributed by atoms with van der Waals surface area (Å²) in [5, 5.41) is 6.82. The predicted molar refractivity (Wildman–Crippen MR) is 114 cm³/mol. The summed E-state index contributed by atoms with van der Waals surface area (Å²) in [6.07, 6.45) is 3.29. The molecule has 3 unspecified atom stereocenters. The standard InChI is InChI=1S/C18H34N4O3.HI/c1-17(2)14(10-18(17,3)24-6)21-16(20-12-15(23)22(4)5)19-11-13-8-7-9-25-13;/h13-14H,7-12H2,1-6H3,(H2,19,20,21);1H. The first-order chi connectivity index (χ1) is 11.7. The first kappa shape index (κ1) is 23.4. The summed E-state index contributed by atoms with van der Waals surface area (Å²) >= 11 is 0. The minimum atomic E-state index is -0.149. The zero-order valence-electron chi connectivity index (χ0n) is 16.9. The lowest BCUT2D eigenvalue weighted by Crippen LogP contribution is -2.69. The van der Waals surface area contributed by atoms with Gasteiger partial charge in [0.25, 0.3) is 0 Å². The van der Waals surface area contributed by atoms with E-state index in [1.165, 1.54) is 0 Å². The van der Waals surface area contributed by atoms with Crippen molar-refractivity contribution >= 4 is 35.8 Å². The Hall–Kier alpha value is -0.610. The van der Waals surface area contributed by atoms with E-state index in [4.69, 9.17) is 9.47 Å². The molecule has 152 valence electrons. The lowest BCUT2D eigenvalue weighted by molar-refractivity contribution is -0.176. The molecule has 26 heavy (non-hydrogen) atoms. The largest absolute Gasteiger partial charge is 0.378 e. The summed E-state index contributed by atoms with van der Waals surface area (Å²) in [6.45, 7) is 8.19. The number of hydrogen-bond acceptors (Lipinski definition) is 4. The van der Waals surface area contributed by atoms with Gasteiger partial charge in [0.15, 0.2) is 5.96 Å². The number of aliphatic imine (C=N–C) groups is 1. The van der Waals surface area contributed by atoms with Gasteiger partial charge in [-0.05, 0) is 26.2 Å². The van der Waals surface area contributed by atoms with E-state index in [0.717, 1.165) is 25.9 Å². The SMILES string of the molecule is COC1(C)CC(NC(=NCC(=O)N(C)C)NCC2CCCO2)C1(C)C.I. The number of guanidine groups is 1. The lowest BCUT2D eigenvalue weighted by Gasteiger charge is -2.59. The molecule has 1 saturated carbocycles. The third-order valence-electron chi connectivity index (χ3n) is 5.98. The number of amides is 1. The van der Waals surface area contributed by atoms with E-state index < -0.39 is 0 Å². The summed E-state index contributed by atoms with van der Waals surface area (Å²) in [5.41, 5.74) is -0.177. The molecule has 1 aliphatic carbocycles. The quantitative estimate of drug-likeness (QED) is 0.342. The fourth-order valence-corrected chi connectivity index (χ4v) is 3.34. The van der Waals surface area contributed by atoms with Gasteiger partial charge in [0.1, 0.15) is 6.54 Å². The summed E-state index contributed by atoms with van der Waals surface area (Å²) < 4.78 is 11.4. The van der Waals surface area contributed by atoms with E-state index in [1.54, 1.807) is 26.1 Å². The predicted octanol–water partition coefficient (Wildman–Crippen LogP) is 1.61. The van der Waals surface area contributed by atoms with E-state index in [9.17, 15) is 4.79 Å². The van der Waals surface area contributed by atoms with Crippen LogP contribution in [0, 0.1) is 5.41 Å². The molecule has 0 spiro atoms. The average molecular weight is 482 g/mol. The van der Waals surface area contributed by atoms with E-state index in [-0.39, 0.29) is 59.6 Å². The molecule has 2 fully saturated rings. The Morgan fingerprint density at radius 1 is 1.35 bits per heavy atom. The molecule has 3 atom stereocenters. The number of nitrogens with zero attached hydrogens (tertiary/aromatic N) is 2. The molecule has 1 heterocycles. The minimum Gasteiger partial charge on any atom is -0.378 e. The Kier molecular flexibility index (Phi) is 8.60. The number of carbonyl (C=O) groups is 1. The summed E-state index contributed by atoms with van der Waals surface area (Å²) in [5.74, 6) is 0.648. The molecular weight excluding hydrogens is 447 g/mol. The Labute approximate surface area is 174 Å². The van der Waals surface area contributed by atoms with Crippen molar-refractivity contribution in [2.45, 2.75) is 57.8 Å². The van der Waals surface area contributed by atoms with Crippen LogP contribution < -0.4 is 10.6 Å². The Morgan fingerprint density at radius 3 is 2.54 bits per heavy atom. The van der Waals surface area contributed by atoms with Crippen LogP contribution in [0.3, 0.4) is 0 Å². The first-order valence-electron chi connectivity index (χ1n) is 9.11. The average Bonchev–Trinajstić information content (AvgIpc) is 3.09.